The fourth-order valence-corrected chi connectivity index (χ4v) is 2.61. The summed E-state index contributed by atoms with van der Waals surface area (Å²) in [7, 11) is 0. The van der Waals surface area contributed by atoms with Crippen LogP contribution in [0.3, 0.4) is 0 Å². The minimum absolute atomic E-state index is 0.163. The largest absolute Gasteiger partial charge is 0.478 e. The molecule has 0 saturated heterocycles. The highest BCUT2D eigenvalue weighted by atomic mass is 35.5. The Balaban J connectivity index is 2.04. The number of carboxylic acids is 1. The van der Waals surface area contributed by atoms with E-state index in [2.05, 4.69) is 9.97 Å². The van der Waals surface area contributed by atoms with Crippen LogP contribution in [0.2, 0.25) is 10.3 Å². The lowest BCUT2D eigenvalue weighted by Gasteiger charge is -2.04. The molecule has 0 atom stereocenters. The predicted octanol–water partition coefficient (Wildman–Crippen LogP) is 3.77. The summed E-state index contributed by atoms with van der Waals surface area (Å²) in [6.45, 7) is 0. The van der Waals surface area contributed by atoms with Gasteiger partial charge in [0.15, 0.2) is 0 Å². The van der Waals surface area contributed by atoms with Crippen LogP contribution in [0.5, 0.6) is 0 Å². The van der Waals surface area contributed by atoms with Crippen LogP contribution in [-0.2, 0) is 5.75 Å². The van der Waals surface area contributed by atoms with Gasteiger partial charge >= 0.3 is 5.97 Å². The summed E-state index contributed by atoms with van der Waals surface area (Å²) in [5, 5.41) is 10.2. The fraction of sp³-hybridized carbons (Fsp3) is 0.0833. The lowest BCUT2D eigenvalue weighted by molar-refractivity contribution is 0.0696. The van der Waals surface area contributed by atoms with Crippen LogP contribution in [0.15, 0.2) is 35.5 Å². The van der Waals surface area contributed by atoms with Crippen molar-refractivity contribution in [2.75, 3.05) is 0 Å². The SMILES string of the molecule is O=C(O)c1ccc(SCc2ccc(Cl)nc2Cl)nc1. The number of carboxylic acid groups (broad SMARTS) is 1. The van der Waals surface area contributed by atoms with Gasteiger partial charge in [0.25, 0.3) is 0 Å². The molecule has 0 amide bonds. The van der Waals surface area contributed by atoms with Crippen molar-refractivity contribution in [2.24, 2.45) is 0 Å². The van der Waals surface area contributed by atoms with Crippen LogP contribution in [0.1, 0.15) is 15.9 Å². The molecule has 0 aromatic carbocycles. The first-order chi connectivity index (χ1) is 9.06. The number of halogens is 2. The molecule has 2 rings (SSSR count). The molecule has 0 unspecified atom stereocenters. The Bertz CT molecular complexity index is 605. The average molecular weight is 315 g/mol. The molecule has 19 heavy (non-hydrogen) atoms. The molecule has 2 heterocycles. The van der Waals surface area contributed by atoms with Gasteiger partial charge in [0.1, 0.15) is 10.3 Å². The Hall–Kier alpha value is -1.30. The third-order valence-electron chi connectivity index (χ3n) is 2.25. The maximum Gasteiger partial charge on any atom is 0.337 e. The zero-order valence-electron chi connectivity index (χ0n) is 9.51. The van der Waals surface area contributed by atoms with E-state index in [1.807, 2.05) is 0 Å². The second-order valence-electron chi connectivity index (χ2n) is 3.56. The van der Waals surface area contributed by atoms with E-state index >= 15 is 0 Å². The molecule has 0 fully saturated rings. The van der Waals surface area contributed by atoms with Gasteiger partial charge in [-0.25, -0.2) is 14.8 Å². The number of hydrogen-bond donors (Lipinski definition) is 1. The molecular formula is C12H8Cl2N2O2S. The Kier molecular flexibility index (Phi) is 4.63. The van der Waals surface area contributed by atoms with Crippen molar-refractivity contribution in [1.82, 2.24) is 9.97 Å². The first-order valence-corrected chi connectivity index (χ1v) is 6.93. The van der Waals surface area contributed by atoms with Crippen molar-refractivity contribution < 1.29 is 9.90 Å². The number of aromatic carboxylic acids is 1. The quantitative estimate of drug-likeness (QED) is 0.687. The Labute approximate surface area is 123 Å². The van der Waals surface area contributed by atoms with E-state index in [0.717, 1.165) is 10.6 Å². The molecule has 2 aromatic heterocycles. The number of rotatable bonds is 4. The second-order valence-corrected chi connectivity index (χ2v) is 5.30. The minimum atomic E-state index is -0.992. The summed E-state index contributed by atoms with van der Waals surface area (Å²) in [5.41, 5.74) is 1.01. The van der Waals surface area contributed by atoms with Crippen LogP contribution < -0.4 is 0 Å². The van der Waals surface area contributed by atoms with Crippen LogP contribution in [-0.4, -0.2) is 21.0 Å². The van der Waals surface area contributed by atoms with Crippen molar-refractivity contribution in [1.29, 1.82) is 0 Å². The monoisotopic (exact) mass is 314 g/mol. The number of pyridine rings is 2. The summed E-state index contributed by atoms with van der Waals surface area (Å²) in [4.78, 5) is 18.7. The van der Waals surface area contributed by atoms with Crippen molar-refractivity contribution >= 4 is 40.9 Å². The molecule has 7 heteroatoms. The smallest absolute Gasteiger partial charge is 0.337 e. The van der Waals surface area contributed by atoms with E-state index in [1.54, 1.807) is 18.2 Å². The highest BCUT2D eigenvalue weighted by molar-refractivity contribution is 7.98. The maximum atomic E-state index is 10.7. The van der Waals surface area contributed by atoms with Gasteiger partial charge < -0.3 is 5.11 Å². The number of hydrogen-bond acceptors (Lipinski definition) is 4. The normalized spacial score (nSPS) is 10.4. The Morgan fingerprint density at radius 2 is 2.05 bits per heavy atom. The second kappa shape index (κ2) is 6.23. The molecule has 0 aliphatic rings. The minimum Gasteiger partial charge on any atom is -0.478 e. The van der Waals surface area contributed by atoms with Crippen molar-refractivity contribution in [3.63, 3.8) is 0 Å². The molecule has 0 radical (unpaired) electrons. The molecule has 2 aromatic rings. The van der Waals surface area contributed by atoms with E-state index in [-0.39, 0.29) is 5.56 Å². The van der Waals surface area contributed by atoms with Crippen LogP contribution >= 0.6 is 35.0 Å². The number of thioether (sulfide) groups is 1. The lowest BCUT2D eigenvalue weighted by atomic mass is 10.3. The summed E-state index contributed by atoms with van der Waals surface area (Å²) < 4.78 is 0. The zero-order valence-corrected chi connectivity index (χ0v) is 11.8. The van der Waals surface area contributed by atoms with Crippen molar-refractivity contribution in [2.45, 2.75) is 10.8 Å². The maximum absolute atomic E-state index is 10.7. The molecule has 4 nitrogen and oxygen atoms in total. The molecule has 0 aliphatic carbocycles. The molecule has 0 aliphatic heterocycles. The number of nitrogens with zero attached hydrogens (tertiary/aromatic N) is 2. The van der Waals surface area contributed by atoms with Gasteiger partial charge in [0.2, 0.25) is 0 Å². The molecular weight excluding hydrogens is 307 g/mol. The van der Waals surface area contributed by atoms with Crippen LogP contribution in [0, 0.1) is 0 Å². The molecule has 0 bridgehead atoms. The molecule has 98 valence electrons. The van der Waals surface area contributed by atoms with Crippen molar-refractivity contribution in [3.8, 4) is 0 Å². The molecule has 0 saturated carbocycles. The first-order valence-electron chi connectivity index (χ1n) is 5.19. The van der Waals surface area contributed by atoms with Crippen LogP contribution in [0.25, 0.3) is 0 Å². The van der Waals surface area contributed by atoms with Gasteiger partial charge in [0.05, 0.1) is 10.6 Å². The van der Waals surface area contributed by atoms with Crippen LogP contribution in [0.4, 0.5) is 0 Å². The van der Waals surface area contributed by atoms with Crippen molar-refractivity contribution in [3.05, 3.63) is 51.9 Å². The average Bonchev–Trinajstić information content (AvgIpc) is 2.38. The van der Waals surface area contributed by atoms with E-state index in [9.17, 15) is 4.79 Å². The van der Waals surface area contributed by atoms with E-state index in [0.29, 0.717) is 16.1 Å². The van der Waals surface area contributed by atoms with Gasteiger partial charge in [-0.3, -0.25) is 0 Å². The highest BCUT2D eigenvalue weighted by Crippen LogP contribution is 2.25. The molecule has 1 N–H and O–H groups in total. The van der Waals surface area contributed by atoms with Gasteiger partial charge in [-0.05, 0) is 23.8 Å². The topological polar surface area (TPSA) is 63.1 Å². The third kappa shape index (κ3) is 3.83. The first kappa shape index (κ1) is 14.1. The van der Waals surface area contributed by atoms with E-state index < -0.39 is 5.97 Å². The third-order valence-corrected chi connectivity index (χ3v) is 3.78. The Morgan fingerprint density at radius 3 is 2.63 bits per heavy atom. The lowest BCUT2D eigenvalue weighted by Crippen LogP contribution is -1.96. The predicted molar refractivity (Wildman–Crippen MR) is 75.0 cm³/mol. The van der Waals surface area contributed by atoms with Gasteiger partial charge in [-0.1, -0.05) is 29.3 Å². The number of aromatic nitrogens is 2. The standard InChI is InChI=1S/C12H8Cl2N2O2S/c13-9-3-1-8(11(14)16-9)6-19-10-4-2-7(5-15-10)12(17)18/h1-5H,6H2,(H,17,18). The van der Waals surface area contributed by atoms with Gasteiger partial charge in [-0.15, -0.1) is 11.8 Å². The van der Waals surface area contributed by atoms with Gasteiger partial charge in [-0.2, -0.15) is 0 Å². The van der Waals surface area contributed by atoms with E-state index in [4.69, 9.17) is 28.3 Å². The van der Waals surface area contributed by atoms with Gasteiger partial charge in [0, 0.05) is 11.9 Å². The zero-order chi connectivity index (χ0) is 13.8. The highest BCUT2D eigenvalue weighted by Gasteiger charge is 2.06. The fourth-order valence-electron chi connectivity index (χ4n) is 1.29. The summed E-state index contributed by atoms with van der Waals surface area (Å²) >= 11 is 13.1. The summed E-state index contributed by atoms with van der Waals surface area (Å²) in [5.74, 6) is -0.406. The molecule has 0 spiro atoms. The number of carbonyl (C=O) groups is 1. The van der Waals surface area contributed by atoms with E-state index in [1.165, 1.54) is 24.0 Å². The Morgan fingerprint density at radius 1 is 1.26 bits per heavy atom. The summed E-state index contributed by atoms with van der Waals surface area (Å²) in [6.07, 6.45) is 1.33. The summed E-state index contributed by atoms with van der Waals surface area (Å²) in [6, 6.07) is 6.64.